The van der Waals surface area contributed by atoms with Gasteiger partial charge in [0, 0.05) is 23.5 Å². The van der Waals surface area contributed by atoms with Crippen LogP contribution in [-0.2, 0) is 6.42 Å². The summed E-state index contributed by atoms with van der Waals surface area (Å²) in [6, 6.07) is 8.83. The molecular weight excluding hydrogens is 238 g/mol. The molecule has 0 saturated carbocycles. The molecule has 2 aromatic rings. The minimum absolute atomic E-state index is 0.386. The van der Waals surface area contributed by atoms with Gasteiger partial charge in [-0.25, -0.2) is 10.8 Å². The zero-order valence-corrected chi connectivity index (χ0v) is 11.1. The molecule has 2 heterocycles. The molecule has 1 aliphatic heterocycles. The number of aromatic nitrogens is 2. The lowest BCUT2D eigenvalue weighted by molar-refractivity contribution is 0.747. The molecule has 0 radical (unpaired) electrons. The fourth-order valence-corrected chi connectivity index (χ4v) is 2.63. The second kappa shape index (κ2) is 4.51. The maximum absolute atomic E-state index is 5.40. The van der Waals surface area contributed by atoms with Crippen molar-refractivity contribution in [1.29, 1.82) is 0 Å². The van der Waals surface area contributed by atoms with E-state index in [0.717, 1.165) is 17.8 Å². The molecule has 3 rings (SSSR count). The summed E-state index contributed by atoms with van der Waals surface area (Å²) in [7, 11) is 0. The van der Waals surface area contributed by atoms with Crippen LogP contribution in [0.15, 0.2) is 30.5 Å². The average Bonchev–Trinajstić information content (AvgIpc) is 2.75. The molecule has 19 heavy (non-hydrogen) atoms. The van der Waals surface area contributed by atoms with Gasteiger partial charge in [0.2, 0.25) is 5.95 Å². The minimum Gasteiger partial charge on any atom is -0.323 e. The third-order valence-corrected chi connectivity index (χ3v) is 3.51. The van der Waals surface area contributed by atoms with Crippen LogP contribution >= 0.6 is 0 Å². The van der Waals surface area contributed by atoms with Crippen LogP contribution in [0.1, 0.15) is 18.1 Å². The van der Waals surface area contributed by atoms with E-state index in [2.05, 4.69) is 51.5 Å². The Balaban J connectivity index is 2.12. The van der Waals surface area contributed by atoms with Gasteiger partial charge in [0.25, 0.3) is 0 Å². The molecule has 1 aromatic carbocycles. The maximum Gasteiger partial charge on any atom is 0.239 e. The molecule has 0 fully saturated rings. The fraction of sp³-hybridized carbons (Fsp3) is 0.286. The third-order valence-electron chi connectivity index (χ3n) is 3.51. The van der Waals surface area contributed by atoms with Gasteiger partial charge in [-0.2, -0.15) is 4.98 Å². The van der Waals surface area contributed by atoms with Crippen molar-refractivity contribution in [3.63, 3.8) is 0 Å². The topological polar surface area (TPSA) is 67.1 Å². The van der Waals surface area contributed by atoms with Gasteiger partial charge in [0.1, 0.15) is 5.82 Å². The van der Waals surface area contributed by atoms with Gasteiger partial charge in [0.15, 0.2) is 0 Å². The summed E-state index contributed by atoms with van der Waals surface area (Å²) in [4.78, 5) is 10.9. The first-order valence-electron chi connectivity index (χ1n) is 6.38. The Kier molecular flexibility index (Phi) is 2.83. The van der Waals surface area contributed by atoms with Gasteiger partial charge in [-0.05, 0) is 31.9 Å². The zero-order chi connectivity index (χ0) is 13.4. The lowest BCUT2D eigenvalue weighted by atomic mass is 10.1. The van der Waals surface area contributed by atoms with Crippen LogP contribution in [-0.4, -0.2) is 16.0 Å². The van der Waals surface area contributed by atoms with Crippen LogP contribution in [0.5, 0.6) is 0 Å². The summed E-state index contributed by atoms with van der Waals surface area (Å²) in [5, 5.41) is 0. The number of hydrogen-bond acceptors (Lipinski definition) is 5. The van der Waals surface area contributed by atoms with Crippen LogP contribution in [0, 0.1) is 6.92 Å². The number of para-hydroxylation sites is 1. The van der Waals surface area contributed by atoms with E-state index in [9.17, 15) is 0 Å². The number of benzene rings is 1. The Morgan fingerprint density at radius 3 is 2.95 bits per heavy atom. The van der Waals surface area contributed by atoms with Crippen molar-refractivity contribution in [2.24, 2.45) is 5.84 Å². The van der Waals surface area contributed by atoms with E-state index >= 15 is 0 Å². The van der Waals surface area contributed by atoms with Crippen molar-refractivity contribution < 1.29 is 0 Å². The van der Waals surface area contributed by atoms with E-state index in [1.54, 1.807) is 6.20 Å². The highest BCUT2D eigenvalue weighted by atomic mass is 15.3. The van der Waals surface area contributed by atoms with Crippen LogP contribution in [0.25, 0.3) is 0 Å². The predicted molar refractivity (Wildman–Crippen MR) is 76.3 cm³/mol. The predicted octanol–water partition coefficient (Wildman–Crippen LogP) is 2.15. The molecule has 0 amide bonds. The molecular formula is C14H17N5. The summed E-state index contributed by atoms with van der Waals surface area (Å²) in [6.45, 7) is 4.22. The van der Waals surface area contributed by atoms with Gasteiger partial charge in [-0.15, -0.1) is 0 Å². The van der Waals surface area contributed by atoms with Crippen LogP contribution in [0.4, 0.5) is 17.5 Å². The Hall–Kier alpha value is -2.14. The number of nitrogen functional groups attached to an aromatic ring is 1. The summed E-state index contributed by atoms with van der Waals surface area (Å²) in [5.41, 5.74) is 6.13. The number of hydrogen-bond donors (Lipinski definition) is 2. The lowest BCUT2D eigenvalue weighted by Gasteiger charge is -2.25. The number of fused-ring (bicyclic) bond motifs is 1. The SMILES string of the molecule is Cc1cnc(NN)nc1N1c2ccccc2CC1C. The number of nitrogens with two attached hydrogens (primary N) is 1. The monoisotopic (exact) mass is 255 g/mol. The number of aryl methyl sites for hydroxylation is 1. The summed E-state index contributed by atoms with van der Waals surface area (Å²) < 4.78 is 0. The van der Waals surface area contributed by atoms with Gasteiger partial charge in [-0.3, -0.25) is 5.43 Å². The van der Waals surface area contributed by atoms with Crippen LogP contribution in [0.3, 0.4) is 0 Å². The smallest absolute Gasteiger partial charge is 0.239 e. The number of rotatable bonds is 2. The second-order valence-corrected chi connectivity index (χ2v) is 4.90. The molecule has 0 saturated heterocycles. The van der Waals surface area contributed by atoms with E-state index in [0.29, 0.717) is 12.0 Å². The van der Waals surface area contributed by atoms with E-state index in [4.69, 9.17) is 5.84 Å². The highest BCUT2D eigenvalue weighted by Gasteiger charge is 2.28. The second-order valence-electron chi connectivity index (χ2n) is 4.90. The first kappa shape index (κ1) is 11.9. The summed E-state index contributed by atoms with van der Waals surface area (Å²) >= 11 is 0. The first-order chi connectivity index (χ1) is 9.20. The van der Waals surface area contributed by atoms with E-state index < -0.39 is 0 Å². The molecule has 98 valence electrons. The molecule has 1 atom stereocenters. The lowest BCUT2D eigenvalue weighted by Crippen LogP contribution is -2.26. The van der Waals surface area contributed by atoms with Crippen molar-refractivity contribution in [1.82, 2.24) is 9.97 Å². The van der Waals surface area contributed by atoms with Crippen molar-refractivity contribution in [2.45, 2.75) is 26.3 Å². The molecule has 0 aliphatic carbocycles. The molecule has 0 spiro atoms. The zero-order valence-electron chi connectivity index (χ0n) is 11.1. The average molecular weight is 255 g/mol. The molecule has 1 aliphatic rings. The highest BCUT2D eigenvalue weighted by molar-refractivity contribution is 5.70. The third kappa shape index (κ3) is 1.92. The van der Waals surface area contributed by atoms with Gasteiger partial charge < -0.3 is 4.90 Å². The van der Waals surface area contributed by atoms with Crippen LogP contribution in [0.2, 0.25) is 0 Å². The van der Waals surface area contributed by atoms with Crippen molar-refractivity contribution in [3.05, 3.63) is 41.6 Å². The summed E-state index contributed by atoms with van der Waals surface area (Å²) in [5.74, 6) is 6.76. The van der Waals surface area contributed by atoms with Crippen molar-refractivity contribution in [3.8, 4) is 0 Å². The molecule has 5 nitrogen and oxygen atoms in total. The summed E-state index contributed by atoms with van der Waals surface area (Å²) in [6.07, 6.45) is 2.83. The number of nitrogens with one attached hydrogen (secondary N) is 1. The number of anilines is 3. The quantitative estimate of drug-likeness (QED) is 0.636. The van der Waals surface area contributed by atoms with Gasteiger partial charge in [-0.1, -0.05) is 18.2 Å². The largest absolute Gasteiger partial charge is 0.323 e. The Bertz CT molecular complexity index is 611. The van der Waals surface area contributed by atoms with Gasteiger partial charge >= 0.3 is 0 Å². The van der Waals surface area contributed by atoms with Gasteiger partial charge in [0.05, 0.1) is 0 Å². The fourth-order valence-electron chi connectivity index (χ4n) is 2.63. The van der Waals surface area contributed by atoms with E-state index in [-0.39, 0.29) is 0 Å². The maximum atomic E-state index is 5.40. The molecule has 0 bridgehead atoms. The molecule has 3 N–H and O–H groups in total. The first-order valence-corrected chi connectivity index (χ1v) is 6.38. The normalized spacial score (nSPS) is 17.4. The van der Waals surface area contributed by atoms with Crippen molar-refractivity contribution >= 4 is 17.5 Å². The highest BCUT2D eigenvalue weighted by Crippen LogP contribution is 2.38. The molecule has 1 unspecified atom stereocenters. The van der Waals surface area contributed by atoms with Crippen molar-refractivity contribution in [2.75, 3.05) is 10.3 Å². The van der Waals surface area contributed by atoms with E-state index in [1.807, 2.05) is 6.92 Å². The number of nitrogens with zero attached hydrogens (tertiary/aromatic N) is 3. The Labute approximate surface area is 112 Å². The number of hydrazine groups is 1. The Morgan fingerprint density at radius 2 is 2.16 bits per heavy atom. The minimum atomic E-state index is 0.386. The van der Waals surface area contributed by atoms with Crippen LogP contribution < -0.4 is 16.2 Å². The van der Waals surface area contributed by atoms with E-state index in [1.165, 1.54) is 11.3 Å². The Morgan fingerprint density at radius 1 is 1.37 bits per heavy atom. The standard InChI is InChI=1S/C14H17N5/c1-9-8-16-14(18-15)17-13(9)19-10(2)7-11-5-3-4-6-12(11)19/h3-6,8,10H,7,15H2,1-2H3,(H,16,17,18). The molecule has 5 heteroatoms. The molecule has 1 aromatic heterocycles.